The first-order valence-electron chi connectivity index (χ1n) is 13.5. The fraction of sp³-hybridized carbons (Fsp3) is 0.885. The van der Waals surface area contributed by atoms with Crippen LogP contribution in [0.2, 0.25) is 0 Å². The van der Waals surface area contributed by atoms with Crippen LogP contribution in [0.15, 0.2) is 12.2 Å². The van der Waals surface area contributed by atoms with Gasteiger partial charge in [0.15, 0.2) is 0 Å². The van der Waals surface area contributed by atoms with Gasteiger partial charge in [-0.2, -0.15) is 0 Å². The molecule has 0 aliphatic carbocycles. The molecule has 0 spiro atoms. The van der Waals surface area contributed by atoms with Gasteiger partial charge in [0.2, 0.25) is 5.91 Å². The minimum Gasteiger partial charge on any atom is -0.351 e. The van der Waals surface area contributed by atoms with Gasteiger partial charge in [0.05, 0.1) is 12.6 Å². The van der Waals surface area contributed by atoms with Crippen molar-refractivity contribution in [3.05, 3.63) is 12.2 Å². The van der Waals surface area contributed by atoms with Gasteiger partial charge in [-0.05, 0) is 25.7 Å². The largest absolute Gasteiger partial charge is 0.469 e. The number of hydrogen-bond acceptors (Lipinski definition) is 3. The molecule has 1 amide bonds. The molecule has 0 aliphatic heterocycles. The summed E-state index contributed by atoms with van der Waals surface area (Å²) in [5, 5.41) is 2.87. The van der Waals surface area contributed by atoms with Crippen molar-refractivity contribution < 1.29 is 23.7 Å². The number of carbonyl (C=O) groups excluding carboxylic acids is 1. The van der Waals surface area contributed by atoms with Crippen molar-refractivity contribution >= 4 is 13.7 Å². The Morgan fingerprint density at radius 2 is 1.27 bits per heavy atom. The van der Waals surface area contributed by atoms with Crippen molar-refractivity contribution in [2.75, 3.05) is 6.61 Å². The van der Waals surface area contributed by atoms with Crippen LogP contribution >= 0.6 is 7.82 Å². The van der Waals surface area contributed by atoms with Gasteiger partial charge in [-0.1, -0.05) is 116 Å². The maximum Gasteiger partial charge on any atom is 0.469 e. The highest BCUT2D eigenvalue weighted by molar-refractivity contribution is 7.46. The molecule has 0 heterocycles. The predicted molar refractivity (Wildman–Crippen MR) is 138 cm³/mol. The standard InChI is InChI=1S/C26H52NO5P/c1-3-5-7-9-10-11-12-13-14-15-16-17-19-20-22-25(24-32-33(29,30)31)27-26(28)23-21-18-8-6-4-2/h19-20,25H,3-18,21-24H2,1-2H3,(H,27,28)(H2,29,30,31)/b20-19+/t25-/m0/s1. The van der Waals surface area contributed by atoms with Crippen molar-refractivity contribution in [2.45, 2.75) is 142 Å². The number of rotatable bonds is 24. The van der Waals surface area contributed by atoms with E-state index in [-0.39, 0.29) is 12.5 Å². The molecule has 0 rings (SSSR count). The van der Waals surface area contributed by atoms with Crippen LogP contribution in [0.1, 0.15) is 136 Å². The molecule has 0 radical (unpaired) electrons. The summed E-state index contributed by atoms with van der Waals surface area (Å²) in [7, 11) is -4.55. The third kappa shape index (κ3) is 25.8. The van der Waals surface area contributed by atoms with Gasteiger partial charge in [-0.3, -0.25) is 9.32 Å². The highest BCUT2D eigenvalue weighted by atomic mass is 31.2. The van der Waals surface area contributed by atoms with E-state index in [2.05, 4.69) is 29.8 Å². The summed E-state index contributed by atoms with van der Waals surface area (Å²) in [5.41, 5.74) is 0. The summed E-state index contributed by atoms with van der Waals surface area (Å²) in [6.45, 7) is 4.22. The molecule has 6 nitrogen and oxygen atoms in total. The Bertz CT molecular complexity index is 521. The Kier molecular flexibility index (Phi) is 22.6. The number of phosphoric acid groups is 1. The second-order valence-electron chi connectivity index (χ2n) is 9.25. The van der Waals surface area contributed by atoms with Crippen LogP contribution in [0, 0.1) is 0 Å². The number of amides is 1. The SMILES string of the molecule is CCCCCCCCCCCCC/C=C/C[C@@H](COP(=O)(O)O)NC(=O)CCCCCCC. The zero-order valence-electron chi connectivity index (χ0n) is 21.4. The predicted octanol–water partition coefficient (Wildman–Crippen LogP) is 7.59. The highest BCUT2D eigenvalue weighted by Gasteiger charge is 2.19. The van der Waals surface area contributed by atoms with E-state index < -0.39 is 13.9 Å². The van der Waals surface area contributed by atoms with Crippen LogP contribution in [-0.4, -0.2) is 28.3 Å². The minimum atomic E-state index is -4.55. The normalized spacial score (nSPS) is 13.0. The van der Waals surface area contributed by atoms with E-state index in [0.717, 1.165) is 32.1 Å². The van der Waals surface area contributed by atoms with Crippen molar-refractivity contribution in [3.63, 3.8) is 0 Å². The number of allylic oxidation sites excluding steroid dienone is 1. The average molecular weight is 490 g/mol. The van der Waals surface area contributed by atoms with E-state index >= 15 is 0 Å². The fourth-order valence-electron chi connectivity index (χ4n) is 3.85. The number of phosphoric ester groups is 1. The second kappa shape index (κ2) is 23.1. The Morgan fingerprint density at radius 1 is 0.788 bits per heavy atom. The van der Waals surface area contributed by atoms with Crippen LogP contribution in [0.4, 0.5) is 0 Å². The third-order valence-electron chi connectivity index (χ3n) is 5.88. The van der Waals surface area contributed by atoms with Crippen LogP contribution in [0.5, 0.6) is 0 Å². The summed E-state index contributed by atoms with van der Waals surface area (Å²) >= 11 is 0. The van der Waals surface area contributed by atoms with Crippen molar-refractivity contribution in [3.8, 4) is 0 Å². The quantitative estimate of drug-likeness (QED) is 0.0737. The summed E-state index contributed by atoms with van der Waals surface area (Å²) in [6, 6.07) is -0.422. The molecule has 1 atom stereocenters. The van der Waals surface area contributed by atoms with Crippen molar-refractivity contribution in [2.24, 2.45) is 0 Å². The molecule has 196 valence electrons. The molecule has 0 aromatic heterocycles. The topological polar surface area (TPSA) is 95.9 Å². The summed E-state index contributed by atoms with van der Waals surface area (Å²) < 4.78 is 15.7. The lowest BCUT2D eigenvalue weighted by molar-refractivity contribution is -0.122. The van der Waals surface area contributed by atoms with Gasteiger partial charge in [-0.15, -0.1) is 0 Å². The van der Waals surface area contributed by atoms with Crippen LogP contribution in [0.3, 0.4) is 0 Å². The zero-order valence-corrected chi connectivity index (χ0v) is 22.3. The van der Waals surface area contributed by atoms with Gasteiger partial charge < -0.3 is 15.1 Å². The van der Waals surface area contributed by atoms with Crippen molar-refractivity contribution in [1.29, 1.82) is 0 Å². The Balaban J connectivity index is 3.96. The molecule has 7 heteroatoms. The lowest BCUT2D eigenvalue weighted by Crippen LogP contribution is -2.37. The molecule has 3 N–H and O–H groups in total. The summed E-state index contributed by atoms with van der Waals surface area (Å²) in [5.74, 6) is -0.0791. The maximum atomic E-state index is 12.2. The van der Waals surface area contributed by atoms with Crippen molar-refractivity contribution in [1.82, 2.24) is 5.32 Å². The van der Waals surface area contributed by atoms with Gasteiger partial charge in [0, 0.05) is 6.42 Å². The second-order valence-corrected chi connectivity index (χ2v) is 10.5. The molecular weight excluding hydrogens is 437 g/mol. The summed E-state index contributed by atoms with van der Waals surface area (Å²) in [4.78, 5) is 30.1. The molecule has 0 saturated heterocycles. The smallest absolute Gasteiger partial charge is 0.351 e. The Hall–Kier alpha value is -0.680. The zero-order chi connectivity index (χ0) is 24.6. The van der Waals surface area contributed by atoms with Crippen LogP contribution in [0.25, 0.3) is 0 Å². The first kappa shape index (κ1) is 32.3. The van der Waals surface area contributed by atoms with E-state index in [1.54, 1.807) is 0 Å². The van der Waals surface area contributed by atoms with E-state index in [1.807, 2.05) is 6.08 Å². The van der Waals surface area contributed by atoms with Crippen LogP contribution in [-0.2, 0) is 13.9 Å². The molecule has 0 aromatic carbocycles. The highest BCUT2D eigenvalue weighted by Crippen LogP contribution is 2.35. The van der Waals surface area contributed by atoms with Gasteiger partial charge in [-0.25, -0.2) is 4.57 Å². The maximum absolute atomic E-state index is 12.2. The molecule has 0 saturated carbocycles. The molecule has 0 bridgehead atoms. The third-order valence-corrected chi connectivity index (χ3v) is 6.36. The fourth-order valence-corrected chi connectivity index (χ4v) is 4.22. The molecular formula is C26H52NO5P. The minimum absolute atomic E-state index is 0.0791. The first-order valence-corrected chi connectivity index (χ1v) is 15.1. The van der Waals surface area contributed by atoms with Gasteiger partial charge >= 0.3 is 7.82 Å². The van der Waals surface area contributed by atoms with Gasteiger partial charge in [0.25, 0.3) is 0 Å². The van der Waals surface area contributed by atoms with Crippen LogP contribution < -0.4 is 5.32 Å². The average Bonchev–Trinajstić information content (AvgIpc) is 2.76. The van der Waals surface area contributed by atoms with Gasteiger partial charge in [0.1, 0.15) is 0 Å². The number of nitrogens with one attached hydrogen (secondary N) is 1. The summed E-state index contributed by atoms with van der Waals surface area (Å²) in [6.07, 6.45) is 26.0. The lowest BCUT2D eigenvalue weighted by atomic mass is 10.1. The monoisotopic (exact) mass is 489 g/mol. The molecule has 0 aliphatic rings. The number of carbonyl (C=O) groups is 1. The van der Waals surface area contributed by atoms with E-state index in [1.165, 1.54) is 77.0 Å². The molecule has 0 aromatic rings. The lowest BCUT2D eigenvalue weighted by Gasteiger charge is -2.17. The number of hydrogen-bond donors (Lipinski definition) is 3. The van der Waals surface area contributed by atoms with E-state index in [0.29, 0.717) is 12.8 Å². The molecule has 0 unspecified atom stereocenters. The first-order chi connectivity index (χ1) is 15.9. The molecule has 33 heavy (non-hydrogen) atoms. The molecule has 0 fully saturated rings. The van der Waals surface area contributed by atoms with E-state index in [4.69, 9.17) is 9.79 Å². The number of unbranched alkanes of at least 4 members (excludes halogenated alkanes) is 15. The van der Waals surface area contributed by atoms with E-state index in [9.17, 15) is 9.36 Å². The Labute approximate surface area is 203 Å². The Morgan fingerprint density at radius 3 is 1.79 bits per heavy atom.